The van der Waals surface area contributed by atoms with Crippen LogP contribution >= 0.6 is 0 Å². The number of amides is 2. The number of rotatable bonds is 9. The Morgan fingerprint density at radius 2 is 1.57 bits per heavy atom. The second-order valence-electron chi connectivity index (χ2n) is 6.94. The summed E-state index contributed by atoms with van der Waals surface area (Å²) in [7, 11) is 1.52. The lowest BCUT2D eigenvalue weighted by Crippen LogP contribution is -2.46. The number of carbonyl (C=O) groups excluding carboxylic acids is 4. The SMILES string of the molecule is CCCC[C@@H](C(=O)OCC(=O)c1ccc(OC)cc1)N1C(=O)c2ccccc2C1=O. The summed E-state index contributed by atoms with van der Waals surface area (Å²) in [5.41, 5.74) is 0.909. The molecule has 1 aliphatic heterocycles. The van der Waals surface area contributed by atoms with E-state index >= 15 is 0 Å². The van der Waals surface area contributed by atoms with Crippen LogP contribution in [0.3, 0.4) is 0 Å². The van der Waals surface area contributed by atoms with E-state index in [-0.39, 0.29) is 23.3 Å². The van der Waals surface area contributed by atoms with Crippen molar-refractivity contribution in [2.24, 2.45) is 0 Å². The molecule has 0 aliphatic carbocycles. The summed E-state index contributed by atoms with van der Waals surface area (Å²) in [6.45, 7) is 1.47. The summed E-state index contributed by atoms with van der Waals surface area (Å²) in [5, 5.41) is 0. The largest absolute Gasteiger partial charge is 0.497 e. The third kappa shape index (κ3) is 4.25. The van der Waals surface area contributed by atoms with Gasteiger partial charge in [-0.3, -0.25) is 19.3 Å². The molecular weight excluding hydrogens is 386 g/mol. The summed E-state index contributed by atoms with van der Waals surface area (Å²) in [4.78, 5) is 51.6. The van der Waals surface area contributed by atoms with E-state index in [1.54, 1.807) is 48.5 Å². The van der Waals surface area contributed by atoms with Gasteiger partial charge in [0.15, 0.2) is 12.4 Å². The molecule has 2 aromatic carbocycles. The smallest absolute Gasteiger partial charge is 0.329 e. The second-order valence-corrected chi connectivity index (χ2v) is 6.94. The fraction of sp³-hybridized carbons (Fsp3) is 0.304. The highest BCUT2D eigenvalue weighted by molar-refractivity contribution is 6.22. The van der Waals surface area contributed by atoms with Gasteiger partial charge < -0.3 is 9.47 Å². The third-order valence-corrected chi connectivity index (χ3v) is 5.00. The molecule has 0 fully saturated rings. The molecule has 1 heterocycles. The lowest BCUT2D eigenvalue weighted by Gasteiger charge is -2.24. The summed E-state index contributed by atoms with van der Waals surface area (Å²) in [6.07, 6.45) is 1.68. The molecule has 2 amide bonds. The maximum atomic E-state index is 12.8. The average Bonchev–Trinajstić information content (AvgIpc) is 3.03. The highest BCUT2D eigenvalue weighted by Gasteiger charge is 2.43. The highest BCUT2D eigenvalue weighted by Crippen LogP contribution is 2.27. The van der Waals surface area contributed by atoms with Crippen LogP contribution < -0.4 is 4.74 Å². The Labute approximate surface area is 174 Å². The van der Waals surface area contributed by atoms with Gasteiger partial charge in [-0.15, -0.1) is 0 Å². The van der Waals surface area contributed by atoms with Gasteiger partial charge in [0.05, 0.1) is 18.2 Å². The molecule has 0 unspecified atom stereocenters. The number of nitrogens with zero attached hydrogens (tertiary/aromatic N) is 1. The molecule has 0 spiro atoms. The van der Waals surface area contributed by atoms with Crippen LogP contribution in [0, 0.1) is 0 Å². The van der Waals surface area contributed by atoms with Crippen LogP contribution in [-0.2, 0) is 9.53 Å². The van der Waals surface area contributed by atoms with E-state index in [4.69, 9.17) is 9.47 Å². The van der Waals surface area contributed by atoms with Gasteiger partial charge in [0.2, 0.25) is 0 Å². The number of imide groups is 1. The first-order valence-corrected chi connectivity index (χ1v) is 9.78. The molecule has 0 N–H and O–H groups in total. The zero-order chi connectivity index (χ0) is 21.7. The number of esters is 1. The molecule has 0 saturated carbocycles. The lowest BCUT2D eigenvalue weighted by molar-refractivity contribution is -0.147. The van der Waals surface area contributed by atoms with E-state index in [1.165, 1.54) is 7.11 Å². The number of hydrogen-bond acceptors (Lipinski definition) is 6. The minimum atomic E-state index is -1.07. The van der Waals surface area contributed by atoms with Crippen molar-refractivity contribution in [2.45, 2.75) is 32.2 Å². The van der Waals surface area contributed by atoms with Crippen molar-refractivity contribution < 1.29 is 28.7 Å². The van der Waals surface area contributed by atoms with Gasteiger partial charge in [-0.05, 0) is 42.8 Å². The number of benzene rings is 2. The Hall–Kier alpha value is -3.48. The standard InChI is InChI=1S/C23H23NO6/c1-3-4-9-19(24-21(26)17-7-5-6-8-18(17)22(24)27)23(28)30-14-20(25)15-10-12-16(29-2)13-11-15/h5-8,10-13,19H,3-4,9,14H2,1-2H3/t19-/m0/s1. The first-order chi connectivity index (χ1) is 14.5. The van der Waals surface area contributed by atoms with Gasteiger partial charge in [-0.25, -0.2) is 4.79 Å². The van der Waals surface area contributed by atoms with Crippen LogP contribution in [0.4, 0.5) is 0 Å². The van der Waals surface area contributed by atoms with E-state index in [0.29, 0.717) is 17.7 Å². The topological polar surface area (TPSA) is 90.0 Å². The number of Topliss-reactive ketones (excluding diaryl/α,β-unsaturated/α-hetero) is 1. The monoisotopic (exact) mass is 409 g/mol. The van der Waals surface area contributed by atoms with Crippen molar-refractivity contribution in [3.63, 3.8) is 0 Å². The summed E-state index contributed by atoms with van der Waals surface area (Å²) < 4.78 is 10.3. The molecule has 0 bridgehead atoms. The van der Waals surface area contributed by atoms with E-state index < -0.39 is 30.4 Å². The Balaban J connectivity index is 1.72. The molecular formula is C23H23NO6. The number of ether oxygens (including phenoxy) is 2. The first-order valence-electron chi connectivity index (χ1n) is 9.78. The number of hydrogen-bond donors (Lipinski definition) is 0. The maximum Gasteiger partial charge on any atom is 0.329 e. The van der Waals surface area contributed by atoms with E-state index in [1.807, 2.05) is 6.92 Å². The Kier molecular flexibility index (Phi) is 6.61. The van der Waals surface area contributed by atoms with Crippen LogP contribution in [0.25, 0.3) is 0 Å². The minimum Gasteiger partial charge on any atom is -0.497 e. The number of unbranched alkanes of at least 4 members (excludes halogenated alkanes) is 1. The average molecular weight is 409 g/mol. The molecule has 30 heavy (non-hydrogen) atoms. The summed E-state index contributed by atoms with van der Waals surface area (Å²) >= 11 is 0. The predicted octanol–water partition coefficient (Wildman–Crippen LogP) is 3.28. The third-order valence-electron chi connectivity index (χ3n) is 5.00. The van der Waals surface area contributed by atoms with E-state index in [9.17, 15) is 19.2 Å². The van der Waals surface area contributed by atoms with Crippen molar-refractivity contribution in [1.82, 2.24) is 4.90 Å². The number of ketones is 1. The van der Waals surface area contributed by atoms with Crippen LogP contribution in [0.5, 0.6) is 5.75 Å². The van der Waals surface area contributed by atoms with Gasteiger partial charge in [-0.2, -0.15) is 0 Å². The van der Waals surface area contributed by atoms with Crippen LogP contribution in [0.15, 0.2) is 48.5 Å². The molecule has 7 heteroatoms. The second kappa shape index (κ2) is 9.35. The van der Waals surface area contributed by atoms with Crippen molar-refractivity contribution >= 4 is 23.6 Å². The normalized spacial score (nSPS) is 13.7. The van der Waals surface area contributed by atoms with E-state index in [0.717, 1.165) is 11.3 Å². The van der Waals surface area contributed by atoms with Crippen molar-refractivity contribution in [3.05, 3.63) is 65.2 Å². The molecule has 0 aromatic heterocycles. The number of fused-ring (bicyclic) bond motifs is 1. The maximum absolute atomic E-state index is 12.8. The molecule has 0 saturated heterocycles. The van der Waals surface area contributed by atoms with Gasteiger partial charge in [0.1, 0.15) is 11.8 Å². The quantitative estimate of drug-likeness (QED) is 0.359. The molecule has 1 atom stereocenters. The van der Waals surface area contributed by atoms with Crippen molar-refractivity contribution in [3.8, 4) is 5.75 Å². The van der Waals surface area contributed by atoms with Crippen LogP contribution in [0.1, 0.15) is 57.3 Å². The minimum absolute atomic E-state index is 0.270. The molecule has 3 rings (SSSR count). The lowest BCUT2D eigenvalue weighted by atomic mass is 10.1. The summed E-state index contributed by atoms with van der Waals surface area (Å²) in [6, 6.07) is 11.8. The fourth-order valence-electron chi connectivity index (χ4n) is 3.33. The zero-order valence-electron chi connectivity index (χ0n) is 16.9. The Bertz CT molecular complexity index is 931. The van der Waals surface area contributed by atoms with Crippen molar-refractivity contribution in [2.75, 3.05) is 13.7 Å². The van der Waals surface area contributed by atoms with Gasteiger partial charge >= 0.3 is 5.97 Å². The first kappa shape index (κ1) is 21.2. The van der Waals surface area contributed by atoms with Gasteiger partial charge in [-0.1, -0.05) is 31.9 Å². The van der Waals surface area contributed by atoms with E-state index in [2.05, 4.69) is 0 Å². The summed E-state index contributed by atoms with van der Waals surface area (Å²) in [5.74, 6) is -1.58. The Morgan fingerprint density at radius 3 is 2.10 bits per heavy atom. The zero-order valence-corrected chi connectivity index (χ0v) is 16.9. The molecule has 1 aliphatic rings. The highest BCUT2D eigenvalue weighted by atomic mass is 16.5. The molecule has 7 nitrogen and oxygen atoms in total. The number of methoxy groups -OCH3 is 1. The van der Waals surface area contributed by atoms with Gasteiger partial charge in [0.25, 0.3) is 11.8 Å². The van der Waals surface area contributed by atoms with Crippen LogP contribution in [0.2, 0.25) is 0 Å². The number of carbonyl (C=O) groups is 4. The predicted molar refractivity (Wildman–Crippen MR) is 109 cm³/mol. The Morgan fingerprint density at radius 1 is 0.967 bits per heavy atom. The van der Waals surface area contributed by atoms with Gasteiger partial charge in [0, 0.05) is 5.56 Å². The van der Waals surface area contributed by atoms with Crippen LogP contribution in [-0.4, -0.2) is 48.2 Å². The molecule has 0 radical (unpaired) electrons. The fourth-order valence-corrected chi connectivity index (χ4v) is 3.33. The molecule has 156 valence electrons. The molecule has 2 aromatic rings. The van der Waals surface area contributed by atoms with Crippen molar-refractivity contribution in [1.29, 1.82) is 0 Å².